The number of carbonyl (C=O) groups is 3. The van der Waals surface area contributed by atoms with E-state index < -0.39 is 6.04 Å². The van der Waals surface area contributed by atoms with Gasteiger partial charge in [0.2, 0.25) is 11.8 Å². The molecule has 6 rings (SSSR count). The first-order chi connectivity index (χ1) is 17.1. The number of rotatable bonds is 4. The second-order valence-corrected chi connectivity index (χ2v) is 10.1. The molecule has 1 aromatic rings. The SMILES string of the molecule is C1CN(C2CNC2)CCO1.O=C1CCC(N2Cc3cc(OC4CCCCC4)ccc3C2=O)C(=O)N1. The topological polar surface area (TPSA) is 100 Å². The van der Waals surface area contributed by atoms with Crippen LogP contribution in [0.2, 0.25) is 0 Å². The maximum atomic E-state index is 12.6. The van der Waals surface area contributed by atoms with Crippen LogP contribution < -0.4 is 15.4 Å². The van der Waals surface area contributed by atoms with E-state index in [9.17, 15) is 14.4 Å². The predicted octanol–water partition coefficient (Wildman–Crippen LogP) is 1.45. The minimum absolute atomic E-state index is 0.145. The molecule has 1 unspecified atom stereocenters. The van der Waals surface area contributed by atoms with Crippen molar-refractivity contribution in [3.8, 4) is 5.75 Å². The van der Waals surface area contributed by atoms with Crippen LogP contribution in [0.1, 0.15) is 60.9 Å². The predicted molar refractivity (Wildman–Crippen MR) is 129 cm³/mol. The number of piperidine rings is 1. The highest BCUT2D eigenvalue weighted by Gasteiger charge is 2.39. The van der Waals surface area contributed by atoms with Crippen molar-refractivity contribution in [2.75, 3.05) is 39.4 Å². The molecule has 1 saturated carbocycles. The molecule has 4 fully saturated rings. The average Bonchev–Trinajstić information content (AvgIpc) is 3.15. The third-order valence-corrected chi connectivity index (χ3v) is 7.67. The third-order valence-electron chi connectivity index (χ3n) is 7.67. The summed E-state index contributed by atoms with van der Waals surface area (Å²) in [6, 6.07) is 5.80. The molecule has 0 radical (unpaired) electrons. The van der Waals surface area contributed by atoms with Gasteiger partial charge < -0.3 is 19.7 Å². The zero-order valence-electron chi connectivity index (χ0n) is 20.3. The van der Waals surface area contributed by atoms with Gasteiger partial charge in [-0.1, -0.05) is 6.42 Å². The quantitative estimate of drug-likeness (QED) is 0.624. The molecule has 5 aliphatic rings. The van der Waals surface area contributed by atoms with Crippen molar-refractivity contribution in [3.05, 3.63) is 29.3 Å². The number of amides is 3. The molecule has 0 aromatic heterocycles. The first kappa shape index (κ1) is 24.2. The van der Waals surface area contributed by atoms with Crippen LogP contribution in [-0.4, -0.2) is 85.1 Å². The molecule has 35 heavy (non-hydrogen) atoms. The summed E-state index contributed by atoms with van der Waals surface area (Å²) in [4.78, 5) is 40.1. The maximum absolute atomic E-state index is 12.6. The summed E-state index contributed by atoms with van der Waals surface area (Å²) < 4.78 is 11.3. The van der Waals surface area contributed by atoms with Crippen LogP contribution in [0.5, 0.6) is 5.75 Å². The lowest BCUT2D eigenvalue weighted by atomic mass is 9.98. The number of carbonyl (C=O) groups excluding carboxylic acids is 3. The number of hydrogen-bond acceptors (Lipinski definition) is 7. The lowest BCUT2D eigenvalue weighted by Gasteiger charge is -2.40. The second kappa shape index (κ2) is 11.1. The molecule has 4 aliphatic heterocycles. The van der Waals surface area contributed by atoms with Crippen LogP contribution in [0.3, 0.4) is 0 Å². The highest BCUT2D eigenvalue weighted by atomic mass is 16.5. The maximum Gasteiger partial charge on any atom is 0.255 e. The second-order valence-electron chi connectivity index (χ2n) is 10.1. The highest BCUT2D eigenvalue weighted by Crippen LogP contribution is 2.31. The fourth-order valence-corrected chi connectivity index (χ4v) is 5.47. The molecule has 3 amide bonds. The number of nitrogens with one attached hydrogen (secondary N) is 2. The number of ether oxygens (including phenoxy) is 2. The van der Waals surface area contributed by atoms with Crippen molar-refractivity contribution in [2.24, 2.45) is 0 Å². The van der Waals surface area contributed by atoms with Gasteiger partial charge in [-0.3, -0.25) is 24.6 Å². The Hall–Kier alpha value is -2.49. The van der Waals surface area contributed by atoms with Gasteiger partial charge in [0.05, 0.1) is 19.3 Å². The standard InChI is InChI=1S/C19H22N2O4.C7H14N2O/c22-17-9-8-16(18(23)20-17)21-11-12-10-14(6-7-15(12)19(21)24)25-13-4-2-1-3-5-13;1-3-10-4-2-9(1)7-5-8-6-7/h6-7,10,13,16H,1-5,8-9,11H2,(H,20,22,23);7-8H,1-6H2. The fraction of sp³-hybridized carbons (Fsp3) is 0.654. The number of morpholine rings is 1. The Morgan fingerprint density at radius 3 is 2.43 bits per heavy atom. The van der Waals surface area contributed by atoms with Gasteiger partial charge in [-0.05, 0) is 55.9 Å². The lowest BCUT2D eigenvalue weighted by Crippen LogP contribution is -2.59. The summed E-state index contributed by atoms with van der Waals surface area (Å²) in [6.07, 6.45) is 6.77. The monoisotopic (exact) mass is 484 g/mol. The smallest absolute Gasteiger partial charge is 0.255 e. The lowest BCUT2D eigenvalue weighted by molar-refractivity contribution is -0.136. The molecule has 9 nitrogen and oxygen atoms in total. The van der Waals surface area contributed by atoms with E-state index in [2.05, 4.69) is 15.5 Å². The Morgan fingerprint density at radius 1 is 0.971 bits per heavy atom. The zero-order valence-corrected chi connectivity index (χ0v) is 20.3. The summed E-state index contributed by atoms with van der Waals surface area (Å²) in [6.45, 7) is 6.87. The van der Waals surface area contributed by atoms with Crippen molar-refractivity contribution < 1.29 is 23.9 Å². The molecule has 0 bridgehead atoms. The average molecular weight is 485 g/mol. The fourth-order valence-electron chi connectivity index (χ4n) is 5.47. The highest BCUT2D eigenvalue weighted by molar-refractivity contribution is 6.05. The Balaban J connectivity index is 0.000000211. The van der Waals surface area contributed by atoms with Gasteiger partial charge in [0.25, 0.3) is 5.91 Å². The van der Waals surface area contributed by atoms with Crippen molar-refractivity contribution >= 4 is 17.7 Å². The van der Waals surface area contributed by atoms with Crippen LogP contribution in [-0.2, 0) is 20.9 Å². The van der Waals surface area contributed by atoms with Crippen LogP contribution in [0, 0.1) is 0 Å². The summed E-state index contributed by atoms with van der Waals surface area (Å²) >= 11 is 0. The van der Waals surface area contributed by atoms with Crippen molar-refractivity contribution in [2.45, 2.75) is 69.7 Å². The van der Waals surface area contributed by atoms with E-state index in [1.807, 2.05) is 12.1 Å². The Labute approximate surface area is 206 Å². The summed E-state index contributed by atoms with van der Waals surface area (Å²) in [7, 11) is 0. The molecular weight excluding hydrogens is 448 g/mol. The summed E-state index contributed by atoms with van der Waals surface area (Å²) in [5.41, 5.74) is 1.52. The van der Waals surface area contributed by atoms with E-state index in [0.717, 1.165) is 56.5 Å². The molecule has 190 valence electrons. The number of nitrogens with zero attached hydrogens (tertiary/aromatic N) is 2. The van der Waals surface area contributed by atoms with Gasteiger partial charge in [0.15, 0.2) is 0 Å². The molecule has 1 aliphatic carbocycles. The zero-order chi connectivity index (χ0) is 24.2. The van der Waals surface area contributed by atoms with Crippen molar-refractivity contribution in [1.82, 2.24) is 20.4 Å². The number of fused-ring (bicyclic) bond motifs is 1. The van der Waals surface area contributed by atoms with E-state index in [1.165, 1.54) is 32.4 Å². The third kappa shape index (κ3) is 5.68. The van der Waals surface area contributed by atoms with Crippen molar-refractivity contribution in [1.29, 1.82) is 0 Å². The van der Waals surface area contributed by atoms with Gasteiger partial charge in [0.1, 0.15) is 11.8 Å². The molecule has 1 atom stereocenters. The van der Waals surface area contributed by atoms with Gasteiger partial charge in [-0.25, -0.2) is 0 Å². The molecular formula is C26H36N4O5. The Morgan fingerprint density at radius 2 is 1.74 bits per heavy atom. The molecule has 9 heteroatoms. The van der Waals surface area contributed by atoms with E-state index in [1.54, 1.807) is 11.0 Å². The normalized spacial score (nSPS) is 25.9. The van der Waals surface area contributed by atoms with Crippen LogP contribution in [0.4, 0.5) is 0 Å². The number of hydrogen-bond donors (Lipinski definition) is 2. The first-order valence-electron chi connectivity index (χ1n) is 13.1. The van der Waals surface area contributed by atoms with Gasteiger partial charge in [-0.2, -0.15) is 0 Å². The Kier molecular flexibility index (Phi) is 7.65. The largest absolute Gasteiger partial charge is 0.490 e. The van der Waals surface area contributed by atoms with E-state index in [4.69, 9.17) is 9.47 Å². The molecule has 0 spiro atoms. The minimum atomic E-state index is -0.569. The van der Waals surface area contributed by atoms with Gasteiger partial charge in [0, 0.05) is 50.7 Å². The van der Waals surface area contributed by atoms with E-state index in [0.29, 0.717) is 18.5 Å². The Bertz CT molecular complexity index is 938. The summed E-state index contributed by atoms with van der Waals surface area (Å²) in [5.74, 6) is 0.00181. The van der Waals surface area contributed by atoms with Gasteiger partial charge >= 0.3 is 0 Å². The molecule has 1 aromatic carbocycles. The molecule has 3 saturated heterocycles. The van der Waals surface area contributed by atoms with E-state index in [-0.39, 0.29) is 30.2 Å². The summed E-state index contributed by atoms with van der Waals surface area (Å²) in [5, 5.41) is 5.60. The van der Waals surface area contributed by atoms with E-state index >= 15 is 0 Å². The number of benzene rings is 1. The van der Waals surface area contributed by atoms with Crippen LogP contribution in [0.25, 0.3) is 0 Å². The number of imide groups is 1. The van der Waals surface area contributed by atoms with Crippen LogP contribution in [0.15, 0.2) is 18.2 Å². The minimum Gasteiger partial charge on any atom is -0.490 e. The van der Waals surface area contributed by atoms with Crippen LogP contribution >= 0.6 is 0 Å². The first-order valence-corrected chi connectivity index (χ1v) is 13.1. The van der Waals surface area contributed by atoms with Crippen molar-refractivity contribution in [3.63, 3.8) is 0 Å². The molecule has 4 heterocycles. The molecule has 2 N–H and O–H groups in total. The van der Waals surface area contributed by atoms with Gasteiger partial charge in [-0.15, -0.1) is 0 Å².